The van der Waals surface area contributed by atoms with Gasteiger partial charge < -0.3 is 9.80 Å². The Labute approximate surface area is 102 Å². The molecule has 1 atom stereocenters. The number of amides is 1. The molecule has 1 amide bonds. The first kappa shape index (κ1) is 12.0. The van der Waals surface area contributed by atoms with E-state index in [1.807, 2.05) is 24.0 Å². The summed E-state index contributed by atoms with van der Waals surface area (Å²) in [5, 5.41) is 0. The minimum atomic E-state index is 0.0538. The fourth-order valence-corrected chi connectivity index (χ4v) is 2.17. The number of aryl methyl sites for hydroxylation is 1. The summed E-state index contributed by atoms with van der Waals surface area (Å²) >= 11 is 0. The zero-order chi connectivity index (χ0) is 12.4. The number of rotatable bonds is 2. The quantitative estimate of drug-likeness (QED) is 0.769. The standard InChI is InChI=1S/C13H19N3O/c1-10-5-4-6-12(14-10)13(17)16-8-7-11(9-16)15(2)3/h4-6,11H,7-9H2,1-3H3. The van der Waals surface area contributed by atoms with Crippen LogP contribution >= 0.6 is 0 Å². The summed E-state index contributed by atoms with van der Waals surface area (Å²) in [4.78, 5) is 20.6. The molecule has 0 aromatic carbocycles. The summed E-state index contributed by atoms with van der Waals surface area (Å²) in [5.74, 6) is 0.0538. The molecule has 1 fully saturated rings. The van der Waals surface area contributed by atoms with Crippen LogP contribution in [0.3, 0.4) is 0 Å². The Balaban J connectivity index is 2.07. The molecule has 2 rings (SSSR count). The van der Waals surface area contributed by atoms with E-state index in [-0.39, 0.29) is 5.91 Å². The van der Waals surface area contributed by atoms with Gasteiger partial charge in [-0.1, -0.05) is 6.07 Å². The summed E-state index contributed by atoms with van der Waals surface area (Å²) < 4.78 is 0. The molecule has 0 radical (unpaired) electrons. The normalized spacial score (nSPS) is 20.0. The van der Waals surface area contributed by atoms with Crippen molar-refractivity contribution >= 4 is 5.91 Å². The van der Waals surface area contributed by atoms with E-state index in [4.69, 9.17) is 0 Å². The fourth-order valence-electron chi connectivity index (χ4n) is 2.17. The number of hydrogen-bond acceptors (Lipinski definition) is 3. The van der Waals surface area contributed by atoms with Crippen molar-refractivity contribution in [2.24, 2.45) is 0 Å². The van der Waals surface area contributed by atoms with Gasteiger partial charge in [-0.2, -0.15) is 0 Å². The molecule has 1 aromatic rings. The highest BCUT2D eigenvalue weighted by molar-refractivity contribution is 5.92. The van der Waals surface area contributed by atoms with Gasteiger partial charge in [0, 0.05) is 24.8 Å². The molecule has 0 aliphatic carbocycles. The van der Waals surface area contributed by atoms with Crippen molar-refractivity contribution in [3.05, 3.63) is 29.6 Å². The molecule has 17 heavy (non-hydrogen) atoms. The first-order valence-electron chi connectivity index (χ1n) is 5.97. The van der Waals surface area contributed by atoms with E-state index in [1.54, 1.807) is 6.07 Å². The monoisotopic (exact) mass is 233 g/mol. The van der Waals surface area contributed by atoms with Gasteiger partial charge in [0.2, 0.25) is 0 Å². The van der Waals surface area contributed by atoms with E-state index in [0.717, 1.165) is 25.2 Å². The van der Waals surface area contributed by atoms with Gasteiger partial charge in [0.15, 0.2) is 0 Å². The van der Waals surface area contributed by atoms with Gasteiger partial charge in [-0.25, -0.2) is 4.98 Å². The lowest BCUT2D eigenvalue weighted by atomic mass is 10.2. The molecule has 0 spiro atoms. The zero-order valence-corrected chi connectivity index (χ0v) is 10.7. The average molecular weight is 233 g/mol. The van der Waals surface area contributed by atoms with Crippen molar-refractivity contribution in [2.75, 3.05) is 27.2 Å². The molecule has 4 nitrogen and oxygen atoms in total. The largest absolute Gasteiger partial charge is 0.336 e. The van der Waals surface area contributed by atoms with Crippen LogP contribution in [0.15, 0.2) is 18.2 Å². The van der Waals surface area contributed by atoms with Crippen LogP contribution < -0.4 is 0 Å². The Bertz CT molecular complexity index is 417. The third-order valence-electron chi connectivity index (χ3n) is 3.29. The molecule has 0 saturated carbocycles. The smallest absolute Gasteiger partial charge is 0.272 e. The van der Waals surface area contributed by atoms with Crippen LogP contribution in [0.1, 0.15) is 22.6 Å². The number of pyridine rings is 1. The van der Waals surface area contributed by atoms with E-state index in [1.165, 1.54) is 0 Å². The summed E-state index contributed by atoms with van der Waals surface area (Å²) in [7, 11) is 4.12. The van der Waals surface area contributed by atoms with Crippen molar-refractivity contribution in [1.29, 1.82) is 0 Å². The number of aromatic nitrogens is 1. The number of carbonyl (C=O) groups is 1. The number of carbonyl (C=O) groups excluding carboxylic acids is 1. The Morgan fingerprint density at radius 2 is 2.24 bits per heavy atom. The Hall–Kier alpha value is -1.42. The Morgan fingerprint density at radius 3 is 2.82 bits per heavy atom. The summed E-state index contributed by atoms with van der Waals surface area (Å²) in [6, 6.07) is 6.06. The molecule has 0 N–H and O–H groups in total. The van der Waals surface area contributed by atoms with Crippen LogP contribution in [0.2, 0.25) is 0 Å². The van der Waals surface area contributed by atoms with Crippen LogP contribution in [0.5, 0.6) is 0 Å². The van der Waals surface area contributed by atoms with E-state index >= 15 is 0 Å². The zero-order valence-electron chi connectivity index (χ0n) is 10.7. The molecule has 92 valence electrons. The van der Waals surface area contributed by atoms with E-state index in [0.29, 0.717) is 11.7 Å². The molecule has 1 aromatic heterocycles. The van der Waals surface area contributed by atoms with E-state index in [2.05, 4.69) is 24.0 Å². The van der Waals surface area contributed by atoms with Gasteiger partial charge in [0.05, 0.1) is 0 Å². The number of nitrogens with zero attached hydrogens (tertiary/aromatic N) is 3. The molecule has 1 aliphatic rings. The van der Waals surface area contributed by atoms with Crippen molar-refractivity contribution in [3.8, 4) is 0 Å². The Kier molecular flexibility index (Phi) is 3.43. The first-order chi connectivity index (χ1) is 8.08. The average Bonchev–Trinajstić information content (AvgIpc) is 2.77. The second-order valence-electron chi connectivity index (χ2n) is 4.82. The van der Waals surface area contributed by atoms with Gasteiger partial charge in [0.25, 0.3) is 5.91 Å². The fraction of sp³-hybridized carbons (Fsp3) is 0.538. The molecular formula is C13H19N3O. The van der Waals surface area contributed by atoms with Crippen molar-refractivity contribution in [3.63, 3.8) is 0 Å². The number of likely N-dealkylation sites (tertiary alicyclic amines) is 1. The maximum absolute atomic E-state index is 12.2. The maximum atomic E-state index is 12.2. The van der Waals surface area contributed by atoms with Gasteiger partial charge in [-0.05, 0) is 39.6 Å². The number of hydrogen-bond donors (Lipinski definition) is 0. The minimum Gasteiger partial charge on any atom is -0.336 e. The SMILES string of the molecule is Cc1cccc(C(=O)N2CCC(N(C)C)C2)n1. The second-order valence-corrected chi connectivity index (χ2v) is 4.82. The second kappa shape index (κ2) is 4.84. The van der Waals surface area contributed by atoms with E-state index in [9.17, 15) is 4.79 Å². The van der Waals surface area contributed by atoms with Gasteiger partial charge in [-0.15, -0.1) is 0 Å². The highest BCUT2D eigenvalue weighted by atomic mass is 16.2. The van der Waals surface area contributed by atoms with Crippen LogP contribution in [-0.2, 0) is 0 Å². The maximum Gasteiger partial charge on any atom is 0.272 e. The molecule has 4 heteroatoms. The lowest BCUT2D eigenvalue weighted by Gasteiger charge is -2.20. The highest BCUT2D eigenvalue weighted by Gasteiger charge is 2.28. The first-order valence-corrected chi connectivity index (χ1v) is 5.97. The topological polar surface area (TPSA) is 36.4 Å². The molecule has 1 aliphatic heterocycles. The lowest BCUT2D eigenvalue weighted by Crippen LogP contribution is -2.34. The molecule has 1 saturated heterocycles. The van der Waals surface area contributed by atoms with Crippen LogP contribution in [-0.4, -0.2) is 53.9 Å². The lowest BCUT2D eigenvalue weighted by molar-refractivity contribution is 0.0777. The minimum absolute atomic E-state index is 0.0538. The molecule has 0 bridgehead atoms. The van der Waals surface area contributed by atoms with E-state index < -0.39 is 0 Å². The van der Waals surface area contributed by atoms with Gasteiger partial charge in [-0.3, -0.25) is 4.79 Å². The predicted molar refractivity (Wildman–Crippen MR) is 67.0 cm³/mol. The van der Waals surface area contributed by atoms with Crippen molar-refractivity contribution in [1.82, 2.24) is 14.8 Å². The highest BCUT2D eigenvalue weighted by Crippen LogP contribution is 2.15. The summed E-state index contributed by atoms with van der Waals surface area (Å²) in [6.45, 7) is 3.54. The van der Waals surface area contributed by atoms with Crippen LogP contribution in [0.25, 0.3) is 0 Å². The summed E-state index contributed by atoms with van der Waals surface area (Å²) in [5.41, 5.74) is 1.45. The number of likely N-dealkylation sites (N-methyl/N-ethyl adjacent to an activating group) is 1. The van der Waals surface area contributed by atoms with Crippen molar-refractivity contribution in [2.45, 2.75) is 19.4 Å². The third kappa shape index (κ3) is 2.64. The molecule has 2 heterocycles. The van der Waals surface area contributed by atoms with Crippen LogP contribution in [0, 0.1) is 6.92 Å². The van der Waals surface area contributed by atoms with Crippen LogP contribution in [0.4, 0.5) is 0 Å². The van der Waals surface area contributed by atoms with Gasteiger partial charge in [0.1, 0.15) is 5.69 Å². The summed E-state index contributed by atoms with van der Waals surface area (Å²) in [6.07, 6.45) is 1.05. The van der Waals surface area contributed by atoms with Gasteiger partial charge >= 0.3 is 0 Å². The Morgan fingerprint density at radius 1 is 1.47 bits per heavy atom. The predicted octanol–water partition coefficient (Wildman–Crippen LogP) is 1.17. The van der Waals surface area contributed by atoms with Crippen molar-refractivity contribution < 1.29 is 4.79 Å². The molecular weight excluding hydrogens is 214 g/mol. The third-order valence-corrected chi connectivity index (χ3v) is 3.29. The molecule has 1 unspecified atom stereocenters.